The lowest BCUT2D eigenvalue weighted by atomic mass is 10.0. The molecule has 2 rings (SSSR count). The zero-order valence-electron chi connectivity index (χ0n) is 11.5. The highest BCUT2D eigenvalue weighted by atomic mass is 16.5. The summed E-state index contributed by atoms with van der Waals surface area (Å²) in [4.78, 5) is 4.49. The van der Waals surface area contributed by atoms with Gasteiger partial charge in [-0.05, 0) is 26.7 Å². The summed E-state index contributed by atoms with van der Waals surface area (Å²) in [5, 5.41) is 3.42. The van der Waals surface area contributed by atoms with Gasteiger partial charge in [0.15, 0.2) is 0 Å². The van der Waals surface area contributed by atoms with E-state index in [4.69, 9.17) is 9.47 Å². The summed E-state index contributed by atoms with van der Waals surface area (Å²) in [5.41, 5.74) is 1.98. The molecule has 4 heteroatoms. The van der Waals surface area contributed by atoms with Gasteiger partial charge in [-0.25, -0.2) is 0 Å². The lowest BCUT2D eigenvalue weighted by molar-refractivity contribution is 0.0206. The number of pyridine rings is 1. The number of hydrogen-bond acceptors (Lipinski definition) is 4. The van der Waals surface area contributed by atoms with Gasteiger partial charge < -0.3 is 14.8 Å². The third-order valence-corrected chi connectivity index (χ3v) is 3.32. The van der Waals surface area contributed by atoms with Crippen LogP contribution < -0.4 is 10.1 Å². The van der Waals surface area contributed by atoms with Crippen molar-refractivity contribution in [3.8, 4) is 5.75 Å². The lowest BCUT2D eigenvalue weighted by Crippen LogP contribution is -2.36. The number of nitrogens with one attached hydrogen (secondary N) is 1. The summed E-state index contributed by atoms with van der Waals surface area (Å²) in [5.74, 6) is 0.864. The van der Waals surface area contributed by atoms with Gasteiger partial charge in [0.05, 0.1) is 18.4 Å². The first-order valence-electron chi connectivity index (χ1n) is 6.47. The van der Waals surface area contributed by atoms with Crippen molar-refractivity contribution in [3.63, 3.8) is 0 Å². The molecule has 0 amide bonds. The predicted molar refractivity (Wildman–Crippen MR) is 70.8 cm³/mol. The third-order valence-electron chi connectivity index (χ3n) is 3.32. The minimum absolute atomic E-state index is 0.00604. The fourth-order valence-electron chi connectivity index (χ4n) is 2.34. The van der Waals surface area contributed by atoms with Gasteiger partial charge in [-0.15, -0.1) is 0 Å². The molecular weight excluding hydrogens is 228 g/mol. The Morgan fingerprint density at radius 3 is 3.00 bits per heavy atom. The summed E-state index contributed by atoms with van der Waals surface area (Å²) >= 11 is 0. The zero-order chi connectivity index (χ0) is 13.0. The number of nitrogens with zero attached hydrogens (tertiary/aromatic N) is 1. The average Bonchev–Trinajstić information content (AvgIpc) is 2.75. The standard InChI is InChI=1S/C14H22N2O2/c1-11-7-13(17-3)8-12(16-11)9-15-10-14(2)5-4-6-18-14/h7-8,15H,4-6,9-10H2,1-3H3. The number of rotatable bonds is 5. The van der Waals surface area contributed by atoms with Gasteiger partial charge in [0.1, 0.15) is 5.75 Å². The van der Waals surface area contributed by atoms with Crippen LogP contribution in [0.25, 0.3) is 0 Å². The molecule has 1 saturated heterocycles. The van der Waals surface area contributed by atoms with E-state index in [1.807, 2.05) is 19.1 Å². The second-order valence-corrected chi connectivity index (χ2v) is 5.15. The molecule has 0 saturated carbocycles. The Morgan fingerprint density at radius 2 is 2.33 bits per heavy atom. The van der Waals surface area contributed by atoms with Crippen LogP contribution in [0, 0.1) is 6.92 Å². The van der Waals surface area contributed by atoms with Crippen molar-refractivity contribution in [2.45, 2.75) is 38.8 Å². The number of aromatic nitrogens is 1. The van der Waals surface area contributed by atoms with Crippen LogP contribution in [-0.2, 0) is 11.3 Å². The maximum Gasteiger partial charge on any atom is 0.122 e. The summed E-state index contributed by atoms with van der Waals surface area (Å²) in [7, 11) is 1.68. The van der Waals surface area contributed by atoms with E-state index in [9.17, 15) is 0 Å². The Bertz CT molecular complexity index is 401. The summed E-state index contributed by atoms with van der Waals surface area (Å²) in [6, 6.07) is 3.91. The molecule has 0 radical (unpaired) electrons. The molecular formula is C14H22N2O2. The van der Waals surface area contributed by atoms with E-state index in [1.54, 1.807) is 7.11 Å². The minimum Gasteiger partial charge on any atom is -0.497 e. The highest BCUT2D eigenvalue weighted by molar-refractivity contribution is 5.26. The molecule has 1 N–H and O–H groups in total. The first kappa shape index (κ1) is 13.3. The summed E-state index contributed by atoms with van der Waals surface area (Å²) < 4.78 is 11.0. The van der Waals surface area contributed by atoms with E-state index in [0.717, 1.165) is 49.7 Å². The summed E-state index contributed by atoms with van der Waals surface area (Å²) in [6.45, 7) is 6.64. The average molecular weight is 250 g/mol. The van der Waals surface area contributed by atoms with Gasteiger partial charge >= 0.3 is 0 Å². The number of aryl methyl sites for hydroxylation is 1. The number of hydrogen-bond donors (Lipinski definition) is 1. The Labute approximate surface area is 109 Å². The molecule has 0 bridgehead atoms. The van der Waals surface area contributed by atoms with E-state index in [0.29, 0.717) is 0 Å². The first-order valence-corrected chi connectivity index (χ1v) is 6.47. The van der Waals surface area contributed by atoms with Crippen molar-refractivity contribution < 1.29 is 9.47 Å². The van der Waals surface area contributed by atoms with Gasteiger partial charge in [0, 0.05) is 37.5 Å². The van der Waals surface area contributed by atoms with E-state index in [-0.39, 0.29) is 5.60 Å². The molecule has 1 aromatic heterocycles. The van der Waals surface area contributed by atoms with Crippen LogP contribution in [-0.4, -0.2) is 30.8 Å². The number of methoxy groups -OCH3 is 1. The second kappa shape index (κ2) is 5.67. The molecule has 1 aromatic rings. The molecule has 1 atom stereocenters. The predicted octanol–water partition coefficient (Wildman–Crippen LogP) is 2.06. The van der Waals surface area contributed by atoms with Crippen LogP contribution in [0.3, 0.4) is 0 Å². The highest BCUT2D eigenvalue weighted by Crippen LogP contribution is 2.24. The molecule has 0 spiro atoms. The molecule has 100 valence electrons. The largest absolute Gasteiger partial charge is 0.497 e. The topological polar surface area (TPSA) is 43.4 Å². The first-order chi connectivity index (χ1) is 8.61. The van der Waals surface area contributed by atoms with Gasteiger partial charge in [0.25, 0.3) is 0 Å². The van der Waals surface area contributed by atoms with E-state index in [2.05, 4.69) is 17.2 Å². The van der Waals surface area contributed by atoms with Crippen molar-refractivity contribution in [1.82, 2.24) is 10.3 Å². The molecule has 0 aliphatic carbocycles. The molecule has 2 heterocycles. The van der Waals surface area contributed by atoms with Crippen LogP contribution in [0.15, 0.2) is 12.1 Å². The van der Waals surface area contributed by atoms with E-state index < -0.39 is 0 Å². The Kier molecular flexibility index (Phi) is 4.19. The third kappa shape index (κ3) is 3.43. The Hall–Kier alpha value is -1.13. The maximum absolute atomic E-state index is 5.74. The van der Waals surface area contributed by atoms with Gasteiger partial charge in [-0.3, -0.25) is 4.98 Å². The lowest BCUT2D eigenvalue weighted by Gasteiger charge is -2.23. The molecule has 1 aliphatic rings. The van der Waals surface area contributed by atoms with Crippen LogP contribution in [0.1, 0.15) is 31.2 Å². The van der Waals surface area contributed by atoms with Crippen molar-refractivity contribution >= 4 is 0 Å². The van der Waals surface area contributed by atoms with Gasteiger partial charge in [0.2, 0.25) is 0 Å². The fourth-order valence-corrected chi connectivity index (χ4v) is 2.34. The van der Waals surface area contributed by atoms with E-state index >= 15 is 0 Å². The van der Waals surface area contributed by atoms with Crippen molar-refractivity contribution in [3.05, 3.63) is 23.5 Å². The minimum atomic E-state index is -0.00604. The molecule has 1 fully saturated rings. The quantitative estimate of drug-likeness (QED) is 0.868. The maximum atomic E-state index is 5.74. The SMILES string of the molecule is COc1cc(C)nc(CNCC2(C)CCCO2)c1. The van der Waals surface area contributed by atoms with Crippen LogP contribution in [0.4, 0.5) is 0 Å². The normalized spacial score (nSPS) is 23.3. The summed E-state index contributed by atoms with van der Waals surface area (Å²) in [6.07, 6.45) is 2.29. The fraction of sp³-hybridized carbons (Fsp3) is 0.643. The van der Waals surface area contributed by atoms with Crippen LogP contribution in [0.5, 0.6) is 5.75 Å². The van der Waals surface area contributed by atoms with Gasteiger partial charge in [-0.1, -0.05) is 0 Å². The second-order valence-electron chi connectivity index (χ2n) is 5.15. The monoisotopic (exact) mass is 250 g/mol. The smallest absolute Gasteiger partial charge is 0.122 e. The zero-order valence-corrected chi connectivity index (χ0v) is 11.5. The Morgan fingerprint density at radius 1 is 1.50 bits per heavy atom. The van der Waals surface area contributed by atoms with Gasteiger partial charge in [-0.2, -0.15) is 0 Å². The Balaban J connectivity index is 1.88. The van der Waals surface area contributed by atoms with Crippen molar-refractivity contribution in [1.29, 1.82) is 0 Å². The molecule has 1 aliphatic heterocycles. The van der Waals surface area contributed by atoms with Crippen LogP contribution in [0.2, 0.25) is 0 Å². The van der Waals surface area contributed by atoms with Crippen molar-refractivity contribution in [2.24, 2.45) is 0 Å². The number of ether oxygens (including phenoxy) is 2. The highest BCUT2D eigenvalue weighted by Gasteiger charge is 2.28. The van der Waals surface area contributed by atoms with E-state index in [1.165, 1.54) is 0 Å². The molecule has 4 nitrogen and oxygen atoms in total. The molecule has 18 heavy (non-hydrogen) atoms. The van der Waals surface area contributed by atoms with Crippen molar-refractivity contribution in [2.75, 3.05) is 20.3 Å². The molecule has 0 aromatic carbocycles. The molecule has 1 unspecified atom stereocenters. The van der Waals surface area contributed by atoms with Crippen LogP contribution >= 0.6 is 0 Å².